The van der Waals surface area contributed by atoms with E-state index in [0.717, 1.165) is 16.7 Å². The molecule has 4 aliphatic rings. The van der Waals surface area contributed by atoms with Crippen LogP contribution in [0.15, 0.2) is 28.5 Å². The number of Topliss-reactive ketones (excluding diaryl/α,β-unsaturated/α-hetero) is 2. The van der Waals surface area contributed by atoms with E-state index in [2.05, 4.69) is 22.4 Å². The van der Waals surface area contributed by atoms with Crippen molar-refractivity contribution in [2.24, 2.45) is 0 Å². The van der Waals surface area contributed by atoms with E-state index in [9.17, 15) is 24.8 Å². The molecule has 0 radical (unpaired) electrons. The number of nitrogens with one attached hydrogen (secondary N) is 1. The van der Waals surface area contributed by atoms with E-state index < -0.39 is 29.7 Å². The lowest BCUT2D eigenvalue weighted by atomic mass is 9.70. The number of carbonyl (C=O) groups is 3. The average Bonchev–Trinajstić information content (AvgIpc) is 2.92. The van der Waals surface area contributed by atoms with E-state index in [4.69, 9.17) is 14.2 Å². The van der Waals surface area contributed by atoms with Crippen LogP contribution in [0.3, 0.4) is 0 Å². The molecule has 2 N–H and O–H groups in total. The highest BCUT2D eigenvalue weighted by Gasteiger charge is 2.57. The van der Waals surface area contributed by atoms with Gasteiger partial charge < -0.3 is 24.6 Å². The van der Waals surface area contributed by atoms with Crippen molar-refractivity contribution in [3.05, 3.63) is 45.2 Å². The second kappa shape index (κ2) is 10.4. The standard InChI is InChI=1S/C29H34N4O7/c1-13-7-16-8-18-20(10-30)33-19(24(32(18)4)22(16)29(28(13)39-6)40-12-38-5)9-17-23(21(33)11-31-15(3)34)27(37)26(36)14(2)25(17)35/h7,18-21,24,35H,8-9,11-12H2,1-6H3,(H,31,34)/t18-,19?,20-,21-,24?/m0/s1. The van der Waals surface area contributed by atoms with Crippen LogP contribution in [0.4, 0.5) is 0 Å². The lowest BCUT2D eigenvalue weighted by molar-refractivity contribution is -0.134. The summed E-state index contributed by atoms with van der Waals surface area (Å²) < 4.78 is 17.1. The van der Waals surface area contributed by atoms with Crippen LogP contribution in [0.5, 0.6) is 11.5 Å². The molecule has 1 aromatic rings. The van der Waals surface area contributed by atoms with Gasteiger partial charge in [-0.3, -0.25) is 24.2 Å². The molecule has 1 saturated heterocycles. The van der Waals surface area contributed by atoms with E-state index in [1.54, 1.807) is 7.11 Å². The number of aryl methyl sites for hydroxylation is 1. The van der Waals surface area contributed by atoms with Crippen molar-refractivity contribution < 1.29 is 33.7 Å². The molecular weight excluding hydrogens is 516 g/mol. The van der Waals surface area contributed by atoms with Crippen molar-refractivity contribution in [3.63, 3.8) is 0 Å². The first kappa shape index (κ1) is 27.8. The Kier molecular flexibility index (Phi) is 7.20. The molecule has 5 rings (SSSR count). The number of nitriles is 1. The summed E-state index contributed by atoms with van der Waals surface area (Å²) in [7, 11) is 5.09. The maximum absolute atomic E-state index is 13.4. The number of piperazine rings is 1. The first-order valence-electron chi connectivity index (χ1n) is 13.2. The van der Waals surface area contributed by atoms with Crippen LogP contribution in [0.25, 0.3) is 0 Å². The highest BCUT2D eigenvalue weighted by molar-refractivity contribution is 6.50. The number of fused-ring (bicyclic) bond motifs is 6. The molecule has 2 unspecified atom stereocenters. The number of nitrogens with zero attached hydrogens (tertiary/aromatic N) is 3. The Bertz CT molecular complexity index is 1410. The Morgan fingerprint density at radius 1 is 1.18 bits per heavy atom. The number of carbonyl (C=O) groups excluding carboxylic acids is 3. The molecule has 0 saturated carbocycles. The number of aliphatic hydroxyl groups is 1. The van der Waals surface area contributed by atoms with Gasteiger partial charge in [-0.2, -0.15) is 5.26 Å². The lowest BCUT2D eigenvalue weighted by Crippen LogP contribution is -2.71. The number of aliphatic hydroxyl groups excluding tert-OH is 1. The molecule has 1 aliphatic carbocycles. The van der Waals surface area contributed by atoms with Crippen molar-refractivity contribution in [1.29, 1.82) is 5.26 Å². The van der Waals surface area contributed by atoms with Crippen LogP contribution in [0.2, 0.25) is 0 Å². The second-order valence-corrected chi connectivity index (χ2v) is 10.8. The van der Waals surface area contributed by atoms with Crippen molar-refractivity contribution in [2.75, 3.05) is 34.6 Å². The van der Waals surface area contributed by atoms with Crippen LogP contribution < -0.4 is 14.8 Å². The van der Waals surface area contributed by atoms with Gasteiger partial charge in [0.25, 0.3) is 0 Å². The fourth-order valence-corrected chi connectivity index (χ4v) is 7.06. The number of amides is 1. The molecule has 11 nitrogen and oxygen atoms in total. The van der Waals surface area contributed by atoms with Gasteiger partial charge in [0.2, 0.25) is 17.5 Å². The van der Waals surface area contributed by atoms with Crippen LogP contribution in [0.1, 0.15) is 43.0 Å². The van der Waals surface area contributed by atoms with E-state index in [0.29, 0.717) is 23.5 Å². The monoisotopic (exact) mass is 550 g/mol. The molecular formula is C29H34N4O7. The zero-order chi connectivity index (χ0) is 29.0. The molecule has 1 fully saturated rings. The number of benzene rings is 1. The molecule has 2 bridgehead atoms. The van der Waals surface area contributed by atoms with Crippen molar-refractivity contribution in [3.8, 4) is 17.6 Å². The second-order valence-electron chi connectivity index (χ2n) is 10.8. The first-order valence-corrected chi connectivity index (χ1v) is 13.2. The van der Waals surface area contributed by atoms with Crippen molar-refractivity contribution in [1.82, 2.24) is 15.1 Å². The van der Waals surface area contributed by atoms with Gasteiger partial charge in [-0.05, 0) is 44.9 Å². The van der Waals surface area contributed by atoms with Crippen LogP contribution in [0, 0.1) is 18.3 Å². The number of likely N-dealkylation sites (N-methyl/N-ethyl adjacent to an activating group) is 1. The zero-order valence-corrected chi connectivity index (χ0v) is 23.5. The summed E-state index contributed by atoms with van der Waals surface area (Å²) in [5.74, 6) is -0.863. The van der Waals surface area contributed by atoms with Gasteiger partial charge in [0, 0.05) is 54.9 Å². The normalized spacial score (nSPS) is 28.0. The molecule has 3 aliphatic heterocycles. The minimum absolute atomic E-state index is 0.000180. The molecule has 11 heteroatoms. The number of ketones is 2. The summed E-state index contributed by atoms with van der Waals surface area (Å²) in [4.78, 5) is 42.4. The van der Waals surface area contributed by atoms with Gasteiger partial charge in [0.15, 0.2) is 18.3 Å². The molecule has 0 aromatic heterocycles. The number of ether oxygens (including phenoxy) is 3. The first-order chi connectivity index (χ1) is 19.1. The van der Waals surface area contributed by atoms with Crippen LogP contribution in [-0.4, -0.2) is 91.2 Å². The predicted molar refractivity (Wildman–Crippen MR) is 143 cm³/mol. The Balaban J connectivity index is 1.76. The van der Waals surface area contributed by atoms with Gasteiger partial charge >= 0.3 is 0 Å². The van der Waals surface area contributed by atoms with E-state index in [-0.39, 0.29) is 54.7 Å². The third-order valence-electron chi connectivity index (χ3n) is 8.73. The zero-order valence-electron chi connectivity index (χ0n) is 23.5. The summed E-state index contributed by atoms with van der Waals surface area (Å²) in [6.07, 6.45) is 0.751. The van der Waals surface area contributed by atoms with Gasteiger partial charge in [-0.1, -0.05) is 6.07 Å². The van der Waals surface area contributed by atoms with Crippen molar-refractivity contribution in [2.45, 2.75) is 63.8 Å². The summed E-state index contributed by atoms with van der Waals surface area (Å²) >= 11 is 0. The highest BCUT2D eigenvalue weighted by Crippen LogP contribution is 2.54. The molecule has 5 atom stereocenters. The van der Waals surface area contributed by atoms with E-state index in [1.807, 2.05) is 18.9 Å². The van der Waals surface area contributed by atoms with Crippen LogP contribution >= 0.6 is 0 Å². The minimum Gasteiger partial charge on any atom is -0.507 e. The minimum atomic E-state index is -0.787. The average molecular weight is 551 g/mol. The summed E-state index contributed by atoms with van der Waals surface area (Å²) in [5, 5.41) is 24.5. The third-order valence-corrected chi connectivity index (χ3v) is 8.73. The molecule has 3 heterocycles. The number of methoxy groups -OCH3 is 2. The molecule has 0 spiro atoms. The highest BCUT2D eigenvalue weighted by atomic mass is 16.7. The van der Waals surface area contributed by atoms with Gasteiger partial charge in [0.05, 0.1) is 25.3 Å². The summed E-state index contributed by atoms with van der Waals surface area (Å²) in [6, 6.07) is 2.11. The quantitative estimate of drug-likeness (QED) is 0.305. The smallest absolute Gasteiger partial charge is 0.232 e. The van der Waals surface area contributed by atoms with Crippen molar-refractivity contribution >= 4 is 17.5 Å². The van der Waals surface area contributed by atoms with Gasteiger partial charge in [-0.25, -0.2) is 0 Å². The van der Waals surface area contributed by atoms with Gasteiger partial charge in [0.1, 0.15) is 11.8 Å². The van der Waals surface area contributed by atoms with E-state index in [1.165, 1.54) is 21.0 Å². The van der Waals surface area contributed by atoms with E-state index >= 15 is 0 Å². The number of hydrogen-bond acceptors (Lipinski definition) is 10. The Morgan fingerprint density at radius 3 is 2.52 bits per heavy atom. The lowest BCUT2D eigenvalue weighted by Gasteiger charge is -2.60. The maximum atomic E-state index is 13.4. The van der Waals surface area contributed by atoms with Gasteiger partial charge in [-0.15, -0.1) is 0 Å². The summed E-state index contributed by atoms with van der Waals surface area (Å²) in [5.41, 5.74) is 3.35. The maximum Gasteiger partial charge on any atom is 0.232 e. The Hall–Kier alpha value is -3.72. The molecule has 1 amide bonds. The Labute approximate surface area is 233 Å². The molecule has 40 heavy (non-hydrogen) atoms. The fourth-order valence-electron chi connectivity index (χ4n) is 7.06. The third kappa shape index (κ3) is 4.01. The predicted octanol–water partition coefficient (Wildman–Crippen LogP) is 1.65. The number of hydrogen-bond donors (Lipinski definition) is 2. The number of allylic oxidation sites excluding steroid dienone is 2. The molecule has 1 aromatic carbocycles. The molecule has 212 valence electrons. The van der Waals surface area contributed by atoms with Crippen LogP contribution in [-0.2, 0) is 25.5 Å². The fraction of sp³-hybridized carbons (Fsp3) is 0.517. The number of rotatable bonds is 6. The topological polar surface area (TPSA) is 141 Å². The largest absolute Gasteiger partial charge is 0.507 e. The SMILES string of the molecule is COCOc1c(OC)c(C)cc2c1C1C3CC4=C(C(=O)C(=O)C(C)=C4O)[C@H](CNC(C)=O)N3[C@@H](C#N)[C@H](C2)N1C. The summed E-state index contributed by atoms with van der Waals surface area (Å²) in [6.45, 7) is 4.76. The Morgan fingerprint density at radius 2 is 1.90 bits per heavy atom.